The predicted molar refractivity (Wildman–Crippen MR) is 131 cm³/mol. The highest BCUT2D eigenvalue weighted by molar-refractivity contribution is 7.99. The van der Waals surface area contributed by atoms with Crippen LogP contribution in [0.15, 0.2) is 53.7 Å². The van der Waals surface area contributed by atoms with Gasteiger partial charge in [-0.05, 0) is 43.0 Å². The average molecular weight is 466 g/mol. The minimum atomic E-state index is -0.248. The highest BCUT2D eigenvalue weighted by atomic mass is 32.2. The number of hydrogen-bond acceptors (Lipinski definition) is 5. The molecule has 1 amide bonds. The van der Waals surface area contributed by atoms with Crippen LogP contribution in [-0.4, -0.2) is 38.0 Å². The number of hydrogen-bond donors (Lipinski definition) is 1. The molecule has 0 atom stereocenters. The summed E-state index contributed by atoms with van der Waals surface area (Å²) in [5.41, 5.74) is 3.55. The van der Waals surface area contributed by atoms with Gasteiger partial charge in [0.2, 0.25) is 11.1 Å². The Morgan fingerprint density at radius 3 is 2.70 bits per heavy atom. The van der Waals surface area contributed by atoms with Gasteiger partial charge in [-0.25, -0.2) is 9.37 Å². The number of unbranched alkanes of at least 4 members (excludes halogenated alkanes) is 2. The van der Waals surface area contributed by atoms with Crippen LogP contribution in [0, 0.1) is 5.82 Å². The highest BCUT2D eigenvalue weighted by Crippen LogP contribution is 2.28. The van der Waals surface area contributed by atoms with Gasteiger partial charge >= 0.3 is 0 Å². The van der Waals surface area contributed by atoms with Crippen LogP contribution in [0.5, 0.6) is 0 Å². The molecule has 33 heavy (non-hydrogen) atoms. The van der Waals surface area contributed by atoms with E-state index in [4.69, 9.17) is 4.98 Å². The number of fused-ring (bicyclic) bond motifs is 3. The first kappa shape index (κ1) is 23.2. The van der Waals surface area contributed by atoms with Gasteiger partial charge in [0.25, 0.3) is 0 Å². The molecule has 1 N–H and O–H groups in total. The van der Waals surface area contributed by atoms with E-state index < -0.39 is 0 Å². The van der Waals surface area contributed by atoms with Crippen LogP contribution in [0.2, 0.25) is 0 Å². The van der Waals surface area contributed by atoms with Crippen molar-refractivity contribution in [3.8, 4) is 0 Å². The van der Waals surface area contributed by atoms with Gasteiger partial charge in [-0.15, -0.1) is 10.2 Å². The van der Waals surface area contributed by atoms with Gasteiger partial charge in [-0.3, -0.25) is 4.79 Å². The molecule has 0 saturated carbocycles. The number of nitrogens with zero attached hydrogens (tertiary/aromatic N) is 4. The molecule has 0 saturated heterocycles. The van der Waals surface area contributed by atoms with Crippen molar-refractivity contribution in [2.45, 2.75) is 50.7 Å². The van der Waals surface area contributed by atoms with Gasteiger partial charge in [-0.1, -0.05) is 55.4 Å². The molecule has 6 nitrogen and oxygen atoms in total. The summed E-state index contributed by atoms with van der Waals surface area (Å²) in [5.74, 6) is 0.702. The molecule has 0 aliphatic heterocycles. The minimum Gasteiger partial charge on any atom is -0.356 e. The number of carbonyl (C=O) groups excluding carboxylic acids is 1. The number of thioether (sulfide) groups is 1. The van der Waals surface area contributed by atoms with E-state index in [1.807, 2.05) is 24.3 Å². The summed E-state index contributed by atoms with van der Waals surface area (Å²) in [6.07, 6.45) is 4.40. The summed E-state index contributed by atoms with van der Waals surface area (Å²) >= 11 is 1.56. The molecule has 4 aromatic rings. The molecule has 2 heterocycles. The number of nitrogens with one attached hydrogen (secondary N) is 1. The summed E-state index contributed by atoms with van der Waals surface area (Å²) < 4.78 is 15.5. The van der Waals surface area contributed by atoms with Crippen LogP contribution in [0.1, 0.15) is 44.6 Å². The zero-order chi connectivity index (χ0) is 23.0. The van der Waals surface area contributed by atoms with Crippen molar-refractivity contribution in [2.24, 2.45) is 0 Å². The van der Waals surface area contributed by atoms with Crippen molar-refractivity contribution in [2.75, 3.05) is 12.3 Å². The maximum Gasteiger partial charge on any atom is 0.219 e. The lowest BCUT2D eigenvalue weighted by atomic mass is 10.2. The van der Waals surface area contributed by atoms with E-state index >= 15 is 0 Å². The maximum absolute atomic E-state index is 13.3. The van der Waals surface area contributed by atoms with Gasteiger partial charge in [0, 0.05) is 30.6 Å². The van der Waals surface area contributed by atoms with Crippen molar-refractivity contribution < 1.29 is 9.18 Å². The lowest BCUT2D eigenvalue weighted by Gasteiger charge is -2.07. The first-order valence-electron chi connectivity index (χ1n) is 11.4. The van der Waals surface area contributed by atoms with Gasteiger partial charge < -0.3 is 9.88 Å². The van der Waals surface area contributed by atoms with Crippen molar-refractivity contribution >= 4 is 39.7 Å². The fourth-order valence-corrected chi connectivity index (χ4v) is 4.51. The Hall–Kier alpha value is -3.00. The van der Waals surface area contributed by atoms with E-state index in [9.17, 15) is 9.18 Å². The third-order valence-corrected chi connectivity index (χ3v) is 6.41. The van der Waals surface area contributed by atoms with Crippen LogP contribution >= 0.6 is 11.8 Å². The summed E-state index contributed by atoms with van der Waals surface area (Å²) in [7, 11) is 0. The fraction of sp³-hybridized carbons (Fsp3) is 0.360. The second-order valence-corrected chi connectivity index (χ2v) is 9.07. The van der Waals surface area contributed by atoms with Crippen LogP contribution in [0.4, 0.5) is 4.39 Å². The van der Waals surface area contributed by atoms with Gasteiger partial charge in [-0.2, -0.15) is 0 Å². The largest absolute Gasteiger partial charge is 0.356 e. The number of halogens is 1. The predicted octanol–water partition coefficient (Wildman–Crippen LogP) is 5.35. The second-order valence-electron chi connectivity index (χ2n) is 8.01. The second kappa shape index (κ2) is 11.2. The minimum absolute atomic E-state index is 0.123. The van der Waals surface area contributed by atoms with E-state index in [0.717, 1.165) is 65.6 Å². The number of carbonyl (C=O) groups is 1. The monoisotopic (exact) mass is 465 g/mol. The number of benzene rings is 2. The van der Waals surface area contributed by atoms with Gasteiger partial charge in [0.1, 0.15) is 11.3 Å². The molecule has 0 radical (unpaired) electrons. The third kappa shape index (κ3) is 5.87. The molecule has 4 rings (SSSR count). The lowest BCUT2D eigenvalue weighted by Crippen LogP contribution is -2.23. The van der Waals surface area contributed by atoms with Crippen LogP contribution in [0.3, 0.4) is 0 Å². The fourth-order valence-electron chi connectivity index (χ4n) is 3.73. The molecule has 172 valence electrons. The topological polar surface area (TPSA) is 72.7 Å². The molecular formula is C25H28FN5OS. The van der Waals surface area contributed by atoms with Crippen LogP contribution in [0.25, 0.3) is 22.1 Å². The molecule has 0 unspecified atom stereocenters. The van der Waals surface area contributed by atoms with Crippen molar-refractivity contribution in [3.63, 3.8) is 0 Å². The summed E-state index contributed by atoms with van der Waals surface area (Å²) in [4.78, 5) is 16.6. The van der Waals surface area contributed by atoms with E-state index in [2.05, 4.69) is 27.0 Å². The summed E-state index contributed by atoms with van der Waals surface area (Å²) in [6, 6.07) is 14.6. The normalized spacial score (nSPS) is 11.3. The molecule has 2 aromatic carbocycles. The Kier molecular flexibility index (Phi) is 7.88. The number of aromatic nitrogens is 4. The average Bonchev–Trinajstić information content (AvgIpc) is 3.13. The third-order valence-electron chi connectivity index (χ3n) is 5.49. The maximum atomic E-state index is 13.3. The van der Waals surface area contributed by atoms with Crippen molar-refractivity contribution in [1.82, 2.24) is 25.1 Å². The zero-order valence-electron chi connectivity index (χ0n) is 18.8. The quantitative estimate of drug-likeness (QED) is 0.239. The molecule has 0 bridgehead atoms. The molecule has 8 heteroatoms. The van der Waals surface area contributed by atoms with Gasteiger partial charge in [0.15, 0.2) is 5.65 Å². The number of para-hydroxylation sites is 1. The molecule has 0 aliphatic carbocycles. The molecule has 0 spiro atoms. The highest BCUT2D eigenvalue weighted by Gasteiger charge is 2.15. The van der Waals surface area contributed by atoms with E-state index in [-0.39, 0.29) is 11.7 Å². The van der Waals surface area contributed by atoms with E-state index in [1.165, 1.54) is 12.1 Å². The Morgan fingerprint density at radius 2 is 1.88 bits per heavy atom. The van der Waals surface area contributed by atoms with Gasteiger partial charge in [0.05, 0.1) is 5.52 Å². The smallest absolute Gasteiger partial charge is 0.219 e. The van der Waals surface area contributed by atoms with Crippen molar-refractivity contribution in [1.29, 1.82) is 0 Å². The zero-order valence-corrected chi connectivity index (χ0v) is 19.6. The van der Waals surface area contributed by atoms with E-state index in [1.54, 1.807) is 23.9 Å². The SMILES string of the molecule is CCCCNC(=O)CCCCSc1nnc2c3ccccc3n(Cc3ccc(F)cc3)c2n1. The van der Waals surface area contributed by atoms with E-state index in [0.29, 0.717) is 18.1 Å². The van der Waals surface area contributed by atoms with Crippen LogP contribution < -0.4 is 5.32 Å². The molecular weight excluding hydrogens is 437 g/mol. The first-order chi connectivity index (χ1) is 16.2. The Bertz CT molecular complexity index is 1220. The summed E-state index contributed by atoms with van der Waals surface area (Å²) in [5, 5.41) is 13.4. The first-order valence-corrected chi connectivity index (χ1v) is 12.4. The molecule has 2 aromatic heterocycles. The summed E-state index contributed by atoms with van der Waals surface area (Å²) in [6.45, 7) is 3.44. The Labute approximate surface area is 197 Å². The Balaban J connectivity index is 1.44. The lowest BCUT2D eigenvalue weighted by molar-refractivity contribution is -0.121. The molecule has 0 aliphatic rings. The Morgan fingerprint density at radius 1 is 1.06 bits per heavy atom. The number of rotatable bonds is 11. The van der Waals surface area contributed by atoms with Crippen molar-refractivity contribution in [3.05, 3.63) is 59.9 Å². The number of amides is 1. The standard InChI is InChI=1S/C25H28FN5OS/c1-2-3-15-27-22(32)10-6-7-16-33-25-28-24-23(29-30-25)20-8-4-5-9-21(20)31(24)17-18-11-13-19(26)14-12-18/h4-5,8-9,11-14H,2-3,6-7,10,15-17H2,1H3,(H,27,32). The van der Waals surface area contributed by atoms with Crippen LogP contribution in [-0.2, 0) is 11.3 Å². The molecule has 0 fully saturated rings.